The van der Waals surface area contributed by atoms with Gasteiger partial charge in [-0.2, -0.15) is 13.2 Å². The Labute approximate surface area is 142 Å². The largest absolute Gasteiger partial charge is 0.416 e. The number of sulfonamides is 1. The molecule has 0 spiro atoms. The van der Waals surface area contributed by atoms with Crippen molar-refractivity contribution in [3.05, 3.63) is 65.2 Å². The third kappa shape index (κ3) is 4.80. The summed E-state index contributed by atoms with van der Waals surface area (Å²) >= 11 is 0. The molecule has 9 heteroatoms. The number of carbonyl (C=O) groups excluding carboxylic acids is 1. The lowest BCUT2D eigenvalue weighted by Crippen LogP contribution is -2.23. The molecular formula is C16H15F3N2O3S. The fourth-order valence-corrected chi connectivity index (χ4v) is 2.73. The van der Waals surface area contributed by atoms with Crippen molar-refractivity contribution >= 4 is 15.9 Å². The minimum atomic E-state index is -4.41. The number of hydrogen-bond donors (Lipinski definition) is 2. The van der Waals surface area contributed by atoms with E-state index in [2.05, 4.69) is 10.0 Å². The van der Waals surface area contributed by atoms with Crippen LogP contribution in [0.3, 0.4) is 0 Å². The van der Waals surface area contributed by atoms with Gasteiger partial charge in [0.15, 0.2) is 0 Å². The van der Waals surface area contributed by atoms with Crippen LogP contribution in [0.5, 0.6) is 0 Å². The summed E-state index contributed by atoms with van der Waals surface area (Å²) in [6.07, 6.45) is -4.41. The topological polar surface area (TPSA) is 75.3 Å². The van der Waals surface area contributed by atoms with Crippen molar-refractivity contribution in [3.63, 3.8) is 0 Å². The van der Waals surface area contributed by atoms with Crippen LogP contribution in [-0.2, 0) is 22.7 Å². The third-order valence-electron chi connectivity index (χ3n) is 3.43. The van der Waals surface area contributed by atoms with Crippen LogP contribution in [0.1, 0.15) is 21.5 Å². The number of benzene rings is 2. The first-order valence-corrected chi connectivity index (χ1v) is 8.60. The van der Waals surface area contributed by atoms with Crippen molar-refractivity contribution in [2.45, 2.75) is 17.6 Å². The van der Waals surface area contributed by atoms with Gasteiger partial charge in [0.05, 0.1) is 10.5 Å². The molecule has 0 saturated heterocycles. The molecule has 0 fully saturated rings. The van der Waals surface area contributed by atoms with E-state index in [1.165, 1.54) is 43.4 Å². The molecule has 25 heavy (non-hydrogen) atoms. The van der Waals surface area contributed by atoms with E-state index >= 15 is 0 Å². The molecule has 0 saturated carbocycles. The second-order valence-electron chi connectivity index (χ2n) is 5.11. The van der Waals surface area contributed by atoms with Gasteiger partial charge in [-0.05, 0) is 49.0 Å². The Morgan fingerprint density at radius 1 is 1.00 bits per heavy atom. The Morgan fingerprint density at radius 3 is 2.04 bits per heavy atom. The molecule has 2 N–H and O–H groups in total. The van der Waals surface area contributed by atoms with Crippen LogP contribution in [0.2, 0.25) is 0 Å². The smallest absolute Gasteiger partial charge is 0.348 e. The SMILES string of the molecule is CNS(=O)(=O)c1ccc(C(=O)NCc2ccc(C(F)(F)F)cc2)cc1. The van der Waals surface area contributed by atoms with Crippen molar-refractivity contribution in [1.29, 1.82) is 0 Å². The van der Waals surface area contributed by atoms with Gasteiger partial charge < -0.3 is 5.32 Å². The van der Waals surface area contributed by atoms with Gasteiger partial charge >= 0.3 is 6.18 Å². The van der Waals surface area contributed by atoms with Crippen molar-refractivity contribution in [2.75, 3.05) is 7.05 Å². The van der Waals surface area contributed by atoms with Crippen LogP contribution in [0, 0.1) is 0 Å². The monoisotopic (exact) mass is 372 g/mol. The zero-order chi connectivity index (χ0) is 18.7. The zero-order valence-electron chi connectivity index (χ0n) is 13.1. The summed E-state index contributed by atoms with van der Waals surface area (Å²) in [5, 5.41) is 2.56. The highest BCUT2D eigenvalue weighted by atomic mass is 32.2. The molecule has 0 atom stereocenters. The molecule has 0 bridgehead atoms. The predicted octanol–water partition coefficient (Wildman–Crippen LogP) is 2.54. The summed E-state index contributed by atoms with van der Waals surface area (Å²) < 4.78 is 62.8. The average Bonchev–Trinajstić information content (AvgIpc) is 2.59. The molecule has 0 unspecified atom stereocenters. The molecule has 5 nitrogen and oxygen atoms in total. The maximum absolute atomic E-state index is 12.5. The Hall–Kier alpha value is -2.39. The van der Waals surface area contributed by atoms with E-state index in [1.807, 2.05) is 0 Å². The fourth-order valence-electron chi connectivity index (χ4n) is 2.00. The lowest BCUT2D eigenvalue weighted by atomic mass is 10.1. The molecule has 2 rings (SSSR count). The summed E-state index contributed by atoms with van der Waals surface area (Å²) in [5.74, 6) is -0.465. The number of halogens is 3. The normalized spacial score (nSPS) is 12.0. The molecule has 2 aromatic carbocycles. The Morgan fingerprint density at radius 2 is 1.56 bits per heavy atom. The van der Waals surface area contributed by atoms with Gasteiger partial charge in [-0.25, -0.2) is 13.1 Å². The molecule has 0 radical (unpaired) electrons. The van der Waals surface area contributed by atoms with Crippen LogP contribution in [-0.4, -0.2) is 21.4 Å². The van der Waals surface area contributed by atoms with E-state index in [9.17, 15) is 26.4 Å². The molecular weight excluding hydrogens is 357 g/mol. The van der Waals surface area contributed by atoms with E-state index in [-0.39, 0.29) is 17.0 Å². The summed E-state index contributed by atoms with van der Waals surface area (Å²) in [6, 6.07) is 9.74. The van der Waals surface area contributed by atoms with E-state index in [0.29, 0.717) is 5.56 Å². The van der Waals surface area contributed by atoms with E-state index in [0.717, 1.165) is 12.1 Å². The van der Waals surface area contributed by atoms with Gasteiger partial charge in [0.2, 0.25) is 10.0 Å². The number of amides is 1. The number of carbonyl (C=O) groups is 1. The highest BCUT2D eigenvalue weighted by molar-refractivity contribution is 7.89. The molecule has 0 aliphatic rings. The molecule has 0 aromatic heterocycles. The molecule has 134 valence electrons. The number of nitrogens with one attached hydrogen (secondary N) is 2. The van der Waals surface area contributed by atoms with Crippen LogP contribution in [0.15, 0.2) is 53.4 Å². The maximum atomic E-state index is 12.5. The van der Waals surface area contributed by atoms with Gasteiger partial charge in [0.25, 0.3) is 5.91 Å². The Bertz CT molecular complexity index is 846. The fraction of sp³-hybridized carbons (Fsp3) is 0.188. The molecule has 1 amide bonds. The molecule has 0 aliphatic carbocycles. The Kier molecular flexibility index (Phi) is 5.48. The number of hydrogen-bond acceptors (Lipinski definition) is 3. The van der Waals surface area contributed by atoms with Gasteiger partial charge in [-0.15, -0.1) is 0 Å². The minimum Gasteiger partial charge on any atom is -0.348 e. The van der Waals surface area contributed by atoms with Gasteiger partial charge in [-0.3, -0.25) is 4.79 Å². The lowest BCUT2D eigenvalue weighted by molar-refractivity contribution is -0.137. The molecule has 0 heterocycles. The molecule has 0 aliphatic heterocycles. The van der Waals surface area contributed by atoms with E-state index in [4.69, 9.17) is 0 Å². The van der Waals surface area contributed by atoms with Crippen LogP contribution < -0.4 is 10.0 Å². The van der Waals surface area contributed by atoms with Crippen molar-refractivity contribution < 1.29 is 26.4 Å². The molecule has 2 aromatic rings. The van der Waals surface area contributed by atoms with Gasteiger partial charge in [-0.1, -0.05) is 12.1 Å². The average molecular weight is 372 g/mol. The predicted molar refractivity (Wildman–Crippen MR) is 85.3 cm³/mol. The third-order valence-corrected chi connectivity index (χ3v) is 4.86. The van der Waals surface area contributed by atoms with Crippen LogP contribution >= 0.6 is 0 Å². The van der Waals surface area contributed by atoms with Crippen molar-refractivity contribution in [1.82, 2.24) is 10.0 Å². The minimum absolute atomic E-state index is 0.0225. The summed E-state index contributed by atoms with van der Waals surface area (Å²) in [5.41, 5.74) is -0.0124. The highest BCUT2D eigenvalue weighted by Crippen LogP contribution is 2.29. The number of rotatable bonds is 5. The van der Waals surface area contributed by atoms with Crippen molar-refractivity contribution in [2.24, 2.45) is 0 Å². The van der Waals surface area contributed by atoms with E-state index in [1.54, 1.807) is 0 Å². The maximum Gasteiger partial charge on any atom is 0.416 e. The zero-order valence-corrected chi connectivity index (χ0v) is 13.9. The standard InChI is InChI=1S/C16H15F3N2O3S/c1-20-25(23,24)14-8-4-12(5-9-14)15(22)21-10-11-2-6-13(7-3-11)16(17,18)19/h2-9,20H,10H2,1H3,(H,21,22). The first-order chi connectivity index (χ1) is 11.6. The first kappa shape index (κ1) is 18.9. The van der Waals surface area contributed by atoms with Gasteiger partial charge in [0.1, 0.15) is 0 Å². The van der Waals surface area contributed by atoms with Crippen molar-refractivity contribution in [3.8, 4) is 0 Å². The highest BCUT2D eigenvalue weighted by Gasteiger charge is 2.29. The quantitative estimate of drug-likeness (QED) is 0.847. The second-order valence-corrected chi connectivity index (χ2v) is 7.00. The van der Waals surface area contributed by atoms with Crippen LogP contribution in [0.25, 0.3) is 0 Å². The first-order valence-electron chi connectivity index (χ1n) is 7.11. The lowest BCUT2D eigenvalue weighted by Gasteiger charge is -2.09. The number of alkyl halides is 3. The summed E-state index contributed by atoms with van der Waals surface area (Å²) in [4.78, 5) is 12.0. The van der Waals surface area contributed by atoms with Gasteiger partial charge in [0, 0.05) is 12.1 Å². The second kappa shape index (κ2) is 7.24. The van der Waals surface area contributed by atoms with E-state index < -0.39 is 27.7 Å². The summed E-state index contributed by atoms with van der Waals surface area (Å²) in [7, 11) is -2.31. The Balaban J connectivity index is 2.01. The van der Waals surface area contributed by atoms with Crippen LogP contribution in [0.4, 0.5) is 13.2 Å². The summed E-state index contributed by atoms with van der Waals surface area (Å²) in [6.45, 7) is 0.0491.